The molecule has 20 heavy (non-hydrogen) atoms. The number of terminal acetylenes is 1. The topological polar surface area (TPSA) is 38.0 Å². The van der Waals surface area contributed by atoms with Crippen molar-refractivity contribution in [2.45, 2.75) is 6.54 Å². The highest BCUT2D eigenvalue weighted by molar-refractivity contribution is 7.16. The smallest absolute Gasteiger partial charge is 0.275 e. The molecule has 0 unspecified atom stereocenters. The number of hydrogen-bond acceptors (Lipinski definition) is 2. The largest absolute Gasteiger partial charge is 0.340 e. The number of carbonyl (C=O) groups is 1. The standard InChI is InChI=1S/C14H18ClN3OS/c1-2-5-16-14(19)11-18-8-6-17(7-9-18)10-12-3-4-13(15)20-12/h1,3-4H,5-11H2,(H,16,19)/p+2. The summed E-state index contributed by atoms with van der Waals surface area (Å²) in [5.74, 6) is 2.46. The summed E-state index contributed by atoms with van der Waals surface area (Å²) in [7, 11) is 0. The zero-order valence-corrected chi connectivity index (χ0v) is 12.9. The number of nitrogens with one attached hydrogen (secondary N) is 3. The Hall–Kier alpha value is -1.06. The predicted octanol–water partition coefficient (Wildman–Crippen LogP) is -1.57. The molecule has 0 radical (unpaired) electrons. The van der Waals surface area contributed by atoms with E-state index in [-0.39, 0.29) is 5.91 Å². The molecule has 4 nitrogen and oxygen atoms in total. The van der Waals surface area contributed by atoms with Crippen LogP contribution in [0.1, 0.15) is 4.88 Å². The molecule has 1 amide bonds. The van der Waals surface area contributed by atoms with Gasteiger partial charge in [-0.15, -0.1) is 17.8 Å². The van der Waals surface area contributed by atoms with Crippen LogP contribution in [0.5, 0.6) is 0 Å². The minimum atomic E-state index is 0.0476. The summed E-state index contributed by atoms with van der Waals surface area (Å²) in [6.45, 7) is 6.12. The molecule has 0 saturated carbocycles. The van der Waals surface area contributed by atoms with E-state index in [0.29, 0.717) is 13.1 Å². The third-order valence-electron chi connectivity index (χ3n) is 3.52. The number of amides is 1. The van der Waals surface area contributed by atoms with Crippen LogP contribution in [-0.4, -0.2) is 45.2 Å². The Kier molecular flexibility index (Phi) is 5.86. The number of piperazine rings is 1. The Morgan fingerprint density at radius 1 is 1.35 bits per heavy atom. The van der Waals surface area contributed by atoms with Crippen LogP contribution in [0.15, 0.2) is 12.1 Å². The van der Waals surface area contributed by atoms with Crippen molar-refractivity contribution in [3.63, 3.8) is 0 Å². The van der Waals surface area contributed by atoms with Gasteiger partial charge in [-0.2, -0.15) is 0 Å². The summed E-state index contributed by atoms with van der Waals surface area (Å²) >= 11 is 7.60. The van der Waals surface area contributed by atoms with Crippen LogP contribution in [0.25, 0.3) is 0 Å². The van der Waals surface area contributed by atoms with Crippen molar-refractivity contribution in [1.29, 1.82) is 0 Å². The summed E-state index contributed by atoms with van der Waals surface area (Å²) in [5, 5.41) is 2.72. The van der Waals surface area contributed by atoms with Gasteiger partial charge in [0.05, 0.1) is 15.8 Å². The fourth-order valence-corrected chi connectivity index (χ4v) is 3.60. The molecule has 0 bridgehead atoms. The van der Waals surface area contributed by atoms with Crippen LogP contribution in [0, 0.1) is 12.3 Å². The third-order valence-corrected chi connectivity index (χ3v) is 4.75. The van der Waals surface area contributed by atoms with E-state index in [4.69, 9.17) is 18.0 Å². The number of carbonyl (C=O) groups excluding carboxylic acids is 1. The van der Waals surface area contributed by atoms with Crippen molar-refractivity contribution in [3.8, 4) is 12.3 Å². The van der Waals surface area contributed by atoms with Crippen LogP contribution >= 0.6 is 22.9 Å². The van der Waals surface area contributed by atoms with E-state index in [2.05, 4.69) is 17.3 Å². The van der Waals surface area contributed by atoms with Crippen LogP contribution in [0.2, 0.25) is 4.34 Å². The zero-order valence-electron chi connectivity index (χ0n) is 11.4. The molecule has 0 aliphatic carbocycles. The Labute approximate surface area is 128 Å². The lowest BCUT2D eigenvalue weighted by atomic mass is 10.3. The van der Waals surface area contributed by atoms with Gasteiger partial charge >= 0.3 is 0 Å². The van der Waals surface area contributed by atoms with Crippen molar-refractivity contribution < 1.29 is 14.6 Å². The Balaban J connectivity index is 1.70. The van der Waals surface area contributed by atoms with Crippen LogP contribution in [0.3, 0.4) is 0 Å². The van der Waals surface area contributed by atoms with E-state index in [1.165, 1.54) is 9.78 Å². The lowest BCUT2D eigenvalue weighted by Gasteiger charge is -2.29. The summed E-state index contributed by atoms with van der Waals surface area (Å²) in [5.41, 5.74) is 0. The zero-order chi connectivity index (χ0) is 14.4. The summed E-state index contributed by atoms with van der Waals surface area (Å²) in [4.78, 5) is 15.8. The lowest BCUT2D eigenvalue weighted by Crippen LogP contribution is -3.28. The van der Waals surface area contributed by atoms with Gasteiger partial charge in [-0.1, -0.05) is 17.5 Å². The minimum absolute atomic E-state index is 0.0476. The maximum absolute atomic E-state index is 11.6. The highest BCUT2D eigenvalue weighted by atomic mass is 35.5. The summed E-state index contributed by atoms with van der Waals surface area (Å²) in [6, 6.07) is 4.06. The van der Waals surface area contributed by atoms with Crippen molar-refractivity contribution in [3.05, 3.63) is 21.3 Å². The average molecular weight is 314 g/mol. The van der Waals surface area contributed by atoms with Gasteiger partial charge in [0.2, 0.25) is 0 Å². The van der Waals surface area contributed by atoms with Gasteiger partial charge in [0, 0.05) is 0 Å². The van der Waals surface area contributed by atoms with Crippen molar-refractivity contribution in [2.24, 2.45) is 0 Å². The predicted molar refractivity (Wildman–Crippen MR) is 81.1 cm³/mol. The Bertz CT molecular complexity index is 489. The van der Waals surface area contributed by atoms with Gasteiger partial charge in [0.1, 0.15) is 32.7 Å². The molecule has 1 aromatic rings. The van der Waals surface area contributed by atoms with E-state index >= 15 is 0 Å². The van der Waals surface area contributed by atoms with E-state index in [1.807, 2.05) is 6.07 Å². The average Bonchev–Trinajstić information content (AvgIpc) is 2.84. The first-order valence-electron chi connectivity index (χ1n) is 6.79. The molecule has 1 fully saturated rings. The van der Waals surface area contributed by atoms with E-state index in [9.17, 15) is 4.79 Å². The summed E-state index contributed by atoms with van der Waals surface area (Å²) < 4.78 is 0.855. The molecule has 2 rings (SSSR count). The molecule has 0 spiro atoms. The quantitative estimate of drug-likeness (QED) is 0.565. The first-order valence-corrected chi connectivity index (χ1v) is 7.98. The number of halogens is 1. The highest BCUT2D eigenvalue weighted by Gasteiger charge is 2.24. The lowest BCUT2D eigenvalue weighted by molar-refractivity contribution is -1.01. The molecule has 2 heterocycles. The highest BCUT2D eigenvalue weighted by Crippen LogP contribution is 2.20. The normalized spacial score (nSPS) is 22.2. The minimum Gasteiger partial charge on any atom is -0.340 e. The molecule has 1 aliphatic rings. The first kappa shape index (κ1) is 15.3. The Morgan fingerprint density at radius 3 is 2.65 bits per heavy atom. The van der Waals surface area contributed by atoms with Crippen molar-refractivity contribution >= 4 is 28.8 Å². The molecular weight excluding hydrogens is 294 g/mol. The molecular formula is C14H20ClN3OS+2. The Morgan fingerprint density at radius 2 is 2.05 bits per heavy atom. The van der Waals surface area contributed by atoms with Crippen LogP contribution < -0.4 is 15.1 Å². The number of thiophene rings is 1. The van der Waals surface area contributed by atoms with E-state index < -0.39 is 0 Å². The summed E-state index contributed by atoms with van der Waals surface area (Å²) in [6.07, 6.45) is 5.12. The van der Waals surface area contributed by atoms with Gasteiger partial charge in [-0.3, -0.25) is 4.79 Å². The van der Waals surface area contributed by atoms with Crippen molar-refractivity contribution in [2.75, 3.05) is 39.3 Å². The number of rotatable bonds is 5. The van der Waals surface area contributed by atoms with Gasteiger partial charge in [0.15, 0.2) is 6.54 Å². The van der Waals surface area contributed by atoms with Crippen molar-refractivity contribution in [1.82, 2.24) is 5.32 Å². The third kappa shape index (κ3) is 4.80. The van der Waals surface area contributed by atoms with Gasteiger partial charge < -0.3 is 15.1 Å². The second-order valence-corrected chi connectivity index (χ2v) is 6.84. The maximum atomic E-state index is 11.6. The molecule has 1 saturated heterocycles. The molecule has 0 aromatic carbocycles. The molecule has 3 N–H and O–H groups in total. The maximum Gasteiger partial charge on any atom is 0.275 e. The number of quaternary nitrogens is 2. The van der Waals surface area contributed by atoms with E-state index in [0.717, 1.165) is 37.1 Å². The van der Waals surface area contributed by atoms with Crippen LogP contribution in [-0.2, 0) is 11.3 Å². The van der Waals surface area contributed by atoms with Crippen LogP contribution in [0.4, 0.5) is 0 Å². The first-order chi connectivity index (χ1) is 9.67. The second kappa shape index (κ2) is 7.65. The number of hydrogen-bond donors (Lipinski definition) is 3. The molecule has 108 valence electrons. The fraction of sp³-hybridized carbons (Fsp3) is 0.500. The van der Waals surface area contributed by atoms with Gasteiger partial charge in [-0.25, -0.2) is 0 Å². The SMILES string of the molecule is C#CCNC(=O)C[NH+]1CC[NH+](Cc2ccc(Cl)s2)CC1. The molecule has 1 aliphatic heterocycles. The molecule has 0 atom stereocenters. The molecule has 6 heteroatoms. The van der Waals surface area contributed by atoms with Gasteiger partial charge in [-0.05, 0) is 12.1 Å². The molecule has 1 aromatic heterocycles. The van der Waals surface area contributed by atoms with Gasteiger partial charge in [0.25, 0.3) is 5.91 Å². The monoisotopic (exact) mass is 313 g/mol. The fourth-order valence-electron chi connectivity index (χ4n) is 2.44. The second-order valence-electron chi connectivity index (χ2n) is 5.04. The van der Waals surface area contributed by atoms with E-state index in [1.54, 1.807) is 16.2 Å².